The summed E-state index contributed by atoms with van der Waals surface area (Å²) in [5.41, 5.74) is 0. The minimum absolute atomic E-state index is 0.0936. The lowest BCUT2D eigenvalue weighted by atomic mass is 10.1. The Morgan fingerprint density at radius 3 is 2.67 bits per heavy atom. The molecule has 18 heavy (non-hydrogen) atoms. The molecule has 0 aromatic rings. The fourth-order valence-electron chi connectivity index (χ4n) is 3.20. The van der Waals surface area contributed by atoms with E-state index in [-0.39, 0.29) is 5.97 Å². The molecule has 2 atom stereocenters. The predicted molar refractivity (Wildman–Crippen MR) is 71.5 cm³/mol. The summed E-state index contributed by atoms with van der Waals surface area (Å²) in [5.74, 6) is -0.0936. The average molecular weight is 254 g/mol. The van der Waals surface area contributed by atoms with Gasteiger partial charge in [-0.2, -0.15) is 0 Å². The van der Waals surface area contributed by atoms with Crippen molar-refractivity contribution in [1.82, 2.24) is 9.80 Å². The van der Waals surface area contributed by atoms with Gasteiger partial charge in [0, 0.05) is 25.2 Å². The van der Waals surface area contributed by atoms with E-state index in [1.165, 1.54) is 45.9 Å². The molecular weight excluding hydrogens is 228 g/mol. The number of methoxy groups -OCH3 is 1. The maximum atomic E-state index is 11.3. The van der Waals surface area contributed by atoms with Gasteiger partial charge >= 0.3 is 5.97 Å². The van der Waals surface area contributed by atoms with Crippen molar-refractivity contribution in [2.24, 2.45) is 0 Å². The second-order valence-electron chi connectivity index (χ2n) is 5.66. The molecule has 2 aliphatic rings. The molecule has 2 heterocycles. The lowest BCUT2D eigenvalue weighted by Gasteiger charge is -2.32. The van der Waals surface area contributed by atoms with Crippen LogP contribution in [0.5, 0.6) is 0 Å². The molecule has 0 amide bonds. The Kier molecular flexibility index (Phi) is 5.01. The summed E-state index contributed by atoms with van der Waals surface area (Å²) in [6, 6.07) is 1.03. The van der Waals surface area contributed by atoms with E-state index in [9.17, 15) is 4.79 Å². The molecule has 2 rings (SSSR count). The number of rotatable bonds is 4. The summed E-state index contributed by atoms with van der Waals surface area (Å²) in [6.45, 7) is 6.92. The first-order valence-electron chi connectivity index (χ1n) is 7.25. The monoisotopic (exact) mass is 254 g/mol. The van der Waals surface area contributed by atoms with Gasteiger partial charge in [-0.3, -0.25) is 14.6 Å². The number of hydrogen-bond acceptors (Lipinski definition) is 4. The standard InChI is InChI=1S/C14H26N2O2/c1-12(10-14(17)18-2)16-9-6-13(11-16)15-7-4-3-5-8-15/h12-13H,3-11H2,1-2H3. The SMILES string of the molecule is COC(=O)CC(C)N1CCC(N2CCCCC2)C1. The van der Waals surface area contributed by atoms with Crippen LogP contribution >= 0.6 is 0 Å². The number of piperidine rings is 1. The highest BCUT2D eigenvalue weighted by Gasteiger charge is 2.31. The fraction of sp³-hybridized carbons (Fsp3) is 0.929. The molecule has 0 saturated carbocycles. The minimum Gasteiger partial charge on any atom is -0.469 e. The molecule has 2 fully saturated rings. The highest BCUT2D eigenvalue weighted by Crippen LogP contribution is 2.22. The third-order valence-corrected chi connectivity index (χ3v) is 4.41. The van der Waals surface area contributed by atoms with E-state index in [1.54, 1.807) is 0 Å². The molecule has 4 nitrogen and oxygen atoms in total. The summed E-state index contributed by atoms with van der Waals surface area (Å²) in [4.78, 5) is 16.4. The quantitative estimate of drug-likeness (QED) is 0.712. The number of ether oxygens (including phenoxy) is 1. The van der Waals surface area contributed by atoms with E-state index >= 15 is 0 Å². The largest absolute Gasteiger partial charge is 0.469 e. The maximum Gasteiger partial charge on any atom is 0.307 e. The molecule has 0 N–H and O–H groups in total. The van der Waals surface area contributed by atoms with Crippen LogP contribution in [-0.2, 0) is 9.53 Å². The highest BCUT2D eigenvalue weighted by atomic mass is 16.5. The average Bonchev–Trinajstić information content (AvgIpc) is 2.89. The van der Waals surface area contributed by atoms with Gasteiger partial charge < -0.3 is 4.74 Å². The molecule has 2 saturated heterocycles. The van der Waals surface area contributed by atoms with Crippen molar-refractivity contribution in [1.29, 1.82) is 0 Å². The Morgan fingerprint density at radius 1 is 1.28 bits per heavy atom. The Hall–Kier alpha value is -0.610. The van der Waals surface area contributed by atoms with Crippen LogP contribution in [-0.4, -0.2) is 61.1 Å². The van der Waals surface area contributed by atoms with E-state index in [1.807, 2.05) is 0 Å². The number of carbonyl (C=O) groups excluding carboxylic acids is 1. The van der Waals surface area contributed by atoms with Crippen molar-refractivity contribution < 1.29 is 9.53 Å². The zero-order valence-electron chi connectivity index (χ0n) is 11.7. The van der Waals surface area contributed by atoms with Crippen LogP contribution in [0.25, 0.3) is 0 Å². The smallest absolute Gasteiger partial charge is 0.307 e. The van der Waals surface area contributed by atoms with Gasteiger partial charge in [0.25, 0.3) is 0 Å². The van der Waals surface area contributed by atoms with E-state index in [4.69, 9.17) is 4.74 Å². The molecule has 4 heteroatoms. The van der Waals surface area contributed by atoms with Gasteiger partial charge in [-0.25, -0.2) is 0 Å². The minimum atomic E-state index is -0.0936. The van der Waals surface area contributed by atoms with Crippen molar-refractivity contribution in [2.75, 3.05) is 33.3 Å². The molecule has 2 aliphatic heterocycles. The maximum absolute atomic E-state index is 11.3. The summed E-state index contributed by atoms with van der Waals surface area (Å²) in [7, 11) is 1.47. The van der Waals surface area contributed by atoms with Crippen LogP contribution < -0.4 is 0 Å². The van der Waals surface area contributed by atoms with Gasteiger partial charge in [-0.05, 0) is 39.3 Å². The molecule has 0 aliphatic carbocycles. The Morgan fingerprint density at radius 2 is 2.00 bits per heavy atom. The summed E-state index contributed by atoms with van der Waals surface area (Å²) < 4.78 is 4.75. The molecule has 0 spiro atoms. The van der Waals surface area contributed by atoms with Gasteiger partial charge in [0.15, 0.2) is 0 Å². The van der Waals surface area contributed by atoms with Crippen LogP contribution in [0.4, 0.5) is 0 Å². The van der Waals surface area contributed by atoms with Gasteiger partial charge in [-0.1, -0.05) is 6.42 Å². The topological polar surface area (TPSA) is 32.8 Å². The molecule has 0 aromatic heterocycles. The third-order valence-electron chi connectivity index (χ3n) is 4.41. The fourth-order valence-corrected chi connectivity index (χ4v) is 3.20. The number of nitrogens with zero attached hydrogens (tertiary/aromatic N) is 2. The molecular formula is C14H26N2O2. The number of carbonyl (C=O) groups is 1. The third kappa shape index (κ3) is 3.45. The van der Waals surface area contributed by atoms with Gasteiger partial charge in [0.2, 0.25) is 0 Å². The van der Waals surface area contributed by atoms with Crippen molar-refractivity contribution in [3.63, 3.8) is 0 Å². The van der Waals surface area contributed by atoms with E-state index < -0.39 is 0 Å². The van der Waals surface area contributed by atoms with Crippen LogP contribution in [0, 0.1) is 0 Å². The van der Waals surface area contributed by atoms with Crippen molar-refractivity contribution >= 4 is 5.97 Å². The van der Waals surface area contributed by atoms with Crippen LogP contribution in [0.3, 0.4) is 0 Å². The number of hydrogen-bond donors (Lipinski definition) is 0. The first-order chi connectivity index (χ1) is 8.70. The zero-order valence-corrected chi connectivity index (χ0v) is 11.7. The van der Waals surface area contributed by atoms with Crippen LogP contribution in [0.15, 0.2) is 0 Å². The first-order valence-corrected chi connectivity index (χ1v) is 7.25. The summed E-state index contributed by atoms with van der Waals surface area (Å²) in [5, 5.41) is 0. The number of esters is 1. The van der Waals surface area contributed by atoms with Gasteiger partial charge in [-0.15, -0.1) is 0 Å². The normalized spacial score (nSPS) is 28.2. The molecule has 0 aromatic carbocycles. The second-order valence-corrected chi connectivity index (χ2v) is 5.66. The summed E-state index contributed by atoms with van der Waals surface area (Å²) >= 11 is 0. The van der Waals surface area contributed by atoms with Gasteiger partial charge in [0.05, 0.1) is 13.5 Å². The Bertz CT molecular complexity index is 277. The molecule has 104 valence electrons. The van der Waals surface area contributed by atoms with E-state index in [2.05, 4.69) is 16.7 Å². The first kappa shape index (κ1) is 13.8. The molecule has 0 radical (unpaired) electrons. The van der Waals surface area contributed by atoms with E-state index in [0.717, 1.165) is 13.1 Å². The Labute approximate surface area is 110 Å². The molecule has 0 bridgehead atoms. The highest BCUT2D eigenvalue weighted by molar-refractivity contribution is 5.69. The van der Waals surface area contributed by atoms with Crippen molar-refractivity contribution in [3.05, 3.63) is 0 Å². The van der Waals surface area contributed by atoms with Crippen molar-refractivity contribution in [3.8, 4) is 0 Å². The zero-order chi connectivity index (χ0) is 13.0. The molecule has 2 unspecified atom stereocenters. The van der Waals surface area contributed by atoms with Crippen molar-refractivity contribution in [2.45, 2.75) is 51.1 Å². The van der Waals surface area contributed by atoms with Crippen LogP contribution in [0.2, 0.25) is 0 Å². The number of likely N-dealkylation sites (tertiary alicyclic amines) is 2. The van der Waals surface area contributed by atoms with Crippen LogP contribution in [0.1, 0.15) is 39.0 Å². The lowest BCUT2D eigenvalue weighted by molar-refractivity contribution is -0.141. The predicted octanol–water partition coefficient (Wildman–Crippen LogP) is 1.50. The van der Waals surface area contributed by atoms with Gasteiger partial charge in [0.1, 0.15) is 0 Å². The lowest BCUT2D eigenvalue weighted by Crippen LogP contribution is -2.42. The van der Waals surface area contributed by atoms with E-state index in [0.29, 0.717) is 18.5 Å². The summed E-state index contributed by atoms with van der Waals surface area (Å²) in [6.07, 6.45) is 5.88. The second kappa shape index (κ2) is 6.53. The Balaban J connectivity index is 1.78.